The van der Waals surface area contributed by atoms with Gasteiger partial charge in [0.25, 0.3) is 0 Å². The van der Waals surface area contributed by atoms with Crippen LogP contribution in [0, 0.1) is 0 Å². The van der Waals surface area contributed by atoms with Gasteiger partial charge in [-0.15, -0.1) is 0 Å². The largest absolute Gasteiger partial charge is 0.497 e. The fourth-order valence-electron chi connectivity index (χ4n) is 3.83. The van der Waals surface area contributed by atoms with Crippen molar-refractivity contribution in [1.29, 1.82) is 0 Å². The lowest BCUT2D eigenvalue weighted by atomic mass is 10.1. The Hall–Kier alpha value is -3.31. The summed E-state index contributed by atoms with van der Waals surface area (Å²) in [6, 6.07) is 11.0. The van der Waals surface area contributed by atoms with Gasteiger partial charge in [0, 0.05) is 12.1 Å². The highest BCUT2D eigenvalue weighted by Crippen LogP contribution is 2.38. The predicted molar refractivity (Wildman–Crippen MR) is 110 cm³/mol. The van der Waals surface area contributed by atoms with Gasteiger partial charge in [-0.1, -0.05) is 0 Å². The zero-order valence-corrected chi connectivity index (χ0v) is 16.6. The third kappa shape index (κ3) is 3.17. The van der Waals surface area contributed by atoms with Crippen LogP contribution < -0.4 is 10.5 Å². The number of nitrogens with two attached hydrogens (primary N) is 1. The Labute approximate surface area is 176 Å². The number of hydrogen-bond donors (Lipinski definition) is 3. The molecule has 0 radical (unpaired) electrons. The minimum atomic E-state index is -1.22. The maximum atomic E-state index is 10.6. The first kappa shape index (κ1) is 19.6. The van der Waals surface area contributed by atoms with Crippen LogP contribution in [-0.4, -0.2) is 61.9 Å². The van der Waals surface area contributed by atoms with Crippen molar-refractivity contribution in [2.45, 2.75) is 24.5 Å². The topological polar surface area (TPSA) is 142 Å². The fraction of sp³-hybridized carbons (Fsp3) is 0.286. The summed E-state index contributed by atoms with van der Waals surface area (Å²) in [7, 11) is 1.60. The van der Waals surface area contributed by atoms with Crippen molar-refractivity contribution in [3.05, 3.63) is 49.0 Å². The number of fused-ring (bicyclic) bond motifs is 1. The number of aliphatic hydroxyl groups excluding tert-OH is 2. The summed E-state index contributed by atoms with van der Waals surface area (Å²) in [5.74, 6) is 1.26. The second-order valence-electron chi connectivity index (χ2n) is 7.20. The van der Waals surface area contributed by atoms with E-state index in [4.69, 9.17) is 24.7 Å². The standard InChI is InChI=1S/C21H21N5O5/c1-29-12-6-4-11(5-7-12)16-15-17(13-3-2-8-30-13)23-10-24-20(15)26(25-16)21-19(28)18(27)14(9-22)31-21/h2-8,10,14,18-19,21,27-28H,9,22H2,1H3/t14-,18-,19-,21-/m1/s1. The normalized spacial score (nSPS) is 23.5. The molecule has 1 saturated heterocycles. The quantitative estimate of drug-likeness (QED) is 0.433. The summed E-state index contributed by atoms with van der Waals surface area (Å²) < 4.78 is 18.1. The smallest absolute Gasteiger partial charge is 0.181 e. The molecule has 0 aliphatic carbocycles. The third-order valence-corrected chi connectivity index (χ3v) is 5.42. The molecule has 10 heteroatoms. The molecule has 4 aromatic rings. The lowest BCUT2D eigenvalue weighted by molar-refractivity contribution is -0.0391. The SMILES string of the molecule is COc1ccc(-c2nn([C@@H]3O[C@H](CN)[C@@H](O)[C@H]3O)c3ncnc(-c4ccco4)c23)cc1. The van der Waals surface area contributed by atoms with Crippen LogP contribution in [-0.2, 0) is 4.74 Å². The molecule has 0 unspecified atom stereocenters. The van der Waals surface area contributed by atoms with Crippen LogP contribution in [0.15, 0.2) is 53.4 Å². The summed E-state index contributed by atoms with van der Waals surface area (Å²) in [4.78, 5) is 8.82. The number of rotatable bonds is 5. The molecule has 0 spiro atoms. The minimum absolute atomic E-state index is 0.0614. The van der Waals surface area contributed by atoms with E-state index in [9.17, 15) is 10.2 Å². The fourth-order valence-corrected chi connectivity index (χ4v) is 3.83. The summed E-state index contributed by atoms with van der Waals surface area (Å²) >= 11 is 0. The van der Waals surface area contributed by atoms with Crippen molar-refractivity contribution < 1.29 is 24.1 Å². The number of aliphatic hydroxyl groups is 2. The zero-order valence-electron chi connectivity index (χ0n) is 16.6. The molecule has 4 atom stereocenters. The molecule has 1 aliphatic heterocycles. The van der Waals surface area contributed by atoms with Gasteiger partial charge in [0.2, 0.25) is 0 Å². The molecule has 1 fully saturated rings. The van der Waals surface area contributed by atoms with E-state index in [2.05, 4.69) is 9.97 Å². The average Bonchev–Trinajstić information content (AvgIpc) is 3.53. The van der Waals surface area contributed by atoms with E-state index in [0.717, 1.165) is 5.56 Å². The molecular weight excluding hydrogens is 402 g/mol. The lowest BCUT2D eigenvalue weighted by Crippen LogP contribution is -2.35. The van der Waals surface area contributed by atoms with Crippen molar-refractivity contribution in [1.82, 2.24) is 19.7 Å². The van der Waals surface area contributed by atoms with Crippen LogP contribution in [0.1, 0.15) is 6.23 Å². The highest BCUT2D eigenvalue weighted by molar-refractivity contribution is 6.00. The summed E-state index contributed by atoms with van der Waals surface area (Å²) in [5, 5.41) is 26.2. The first-order chi connectivity index (χ1) is 15.1. The average molecular weight is 423 g/mol. The number of methoxy groups -OCH3 is 1. The molecule has 10 nitrogen and oxygen atoms in total. The summed E-state index contributed by atoms with van der Waals surface area (Å²) in [6.07, 6.45) is -1.07. The van der Waals surface area contributed by atoms with Gasteiger partial charge in [-0.05, 0) is 36.4 Å². The Morgan fingerprint density at radius 2 is 1.90 bits per heavy atom. The molecule has 160 valence electrons. The van der Waals surface area contributed by atoms with Gasteiger partial charge < -0.3 is 29.8 Å². The Balaban J connectivity index is 1.73. The third-order valence-electron chi connectivity index (χ3n) is 5.42. The molecule has 5 rings (SSSR count). The van der Waals surface area contributed by atoms with Crippen LogP contribution in [0.3, 0.4) is 0 Å². The van der Waals surface area contributed by atoms with Gasteiger partial charge in [-0.3, -0.25) is 0 Å². The second-order valence-corrected chi connectivity index (χ2v) is 7.20. The number of nitrogens with zero attached hydrogens (tertiary/aromatic N) is 4. The molecule has 31 heavy (non-hydrogen) atoms. The summed E-state index contributed by atoms with van der Waals surface area (Å²) in [5.41, 5.74) is 8.02. The molecule has 1 aliphatic rings. The number of furan rings is 1. The van der Waals surface area contributed by atoms with Gasteiger partial charge >= 0.3 is 0 Å². The lowest BCUT2D eigenvalue weighted by Gasteiger charge is -2.15. The van der Waals surface area contributed by atoms with E-state index in [1.54, 1.807) is 25.5 Å². The van der Waals surface area contributed by atoms with Crippen LogP contribution in [0.5, 0.6) is 5.75 Å². The molecule has 4 N–H and O–H groups in total. The Morgan fingerprint density at radius 3 is 2.55 bits per heavy atom. The van der Waals surface area contributed by atoms with E-state index >= 15 is 0 Å². The van der Waals surface area contributed by atoms with E-state index in [1.807, 2.05) is 24.3 Å². The van der Waals surface area contributed by atoms with Crippen molar-refractivity contribution in [2.75, 3.05) is 13.7 Å². The van der Waals surface area contributed by atoms with E-state index in [-0.39, 0.29) is 6.54 Å². The molecule has 0 saturated carbocycles. The van der Waals surface area contributed by atoms with E-state index in [1.165, 1.54) is 11.0 Å². The molecule has 0 bridgehead atoms. The second kappa shape index (κ2) is 7.75. The van der Waals surface area contributed by atoms with Crippen molar-refractivity contribution in [3.63, 3.8) is 0 Å². The zero-order chi connectivity index (χ0) is 21.5. The van der Waals surface area contributed by atoms with Crippen LogP contribution in [0.4, 0.5) is 0 Å². The van der Waals surface area contributed by atoms with Crippen molar-refractivity contribution in [3.8, 4) is 28.5 Å². The van der Waals surface area contributed by atoms with Gasteiger partial charge in [0.15, 0.2) is 17.6 Å². The van der Waals surface area contributed by atoms with Crippen LogP contribution in [0.25, 0.3) is 33.7 Å². The summed E-state index contributed by atoms with van der Waals surface area (Å²) in [6.45, 7) is 0.0614. The van der Waals surface area contributed by atoms with Crippen LogP contribution in [0.2, 0.25) is 0 Å². The molecule has 3 aromatic heterocycles. The Kier molecular flexibility index (Phi) is 4.91. The number of benzene rings is 1. The maximum absolute atomic E-state index is 10.6. The van der Waals surface area contributed by atoms with E-state index in [0.29, 0.717) is 33.9 Å². The molecule has 4 heterocycles. The monoisotopic (exact) mass is 423 g/mol. The van der Waals surface area contributed by atoms with Crippen molar-refractivity contribution in [2.24, 2.45) is 5.73 Å². The molecule has 1 aromatic carbocycles. The highest BCUT2D eigenvalue weighted by atomic mass is 16.6. The molecular formula is C21H21N5O5. The number of hydrogen-bond acceptors (Lipinski definition) is 9. The van der Waals surface area contributed by atoms with Gasteiger partial charge in [0.1, 0.15) is 41.8 Å². The number of ether oxygens (including phenoxy) is 2. The minimum Gasteiger partial charge on any atom is -0.497 e. The first-order valence-corrected chi connectivity index (χ1v) is 9.75. The Morgan fingerprint density at radius 1 is 1.10 bits per heavy atom. The van der Waals surface area contributed by atoms with Gasteiger partial charge in [-0.25, -0.2) is 14.6 Å². The predicted octanol–water partition coefficient (Wildman–Crippen LogP) is 1.34. The number of aromatic nitrogens is 4. The molecule has 0 amide bonds. The van der Waals surface area contributed by atoms with Crippen molar-refractivity contribution >= 4 is 11.0 Å². The maximum Gasteiger partial charge on any atom is 0.181 e. The Bertz CT molecular complexity index is 1190. The first-order valence-electron chi connectivity index (χ1n) is 9.75. The van der Waals surface area contributed by atoms with E-state index < -0.39 is 24.5 Å². The highest BCUT2D eigenvalue weighted by Gasteiger charge is 2.44. The van der Waals surface area contributed by atoms with Crippen LogP contribution >= 0.6 is 0 Å². The van der Waals surface area contributed by atoms with Gasteiger partial charge in [0.05, 0.1) is 18.8 Å². The van der Waals surface area contributed by atoms with Gasteiger partial charge in [-0.2, -0.15) is 5.10 Å².